The highest BCUT2D eigenvalue weighted by Gasteiger charge is 2.14. The van der Waals surface area contributed by atoms with Gasteiger partial charge in [0.05, 0.1) is 0 Å². The van der Waals surface area contributed by atoms with Gasteiger partial charge in [0.2, 0.25) is 0 Å². The lowest BCUT2D eigenvalue weighted by Gasteiger charge is -2.05. The lowest BCUT2D eigenvalue weighted by molar-refractivity contribution is 0.0464. The fourth-order valence-corrected chi connectivity index (χ4v) is 1.91. The van der Waals surface area contributed by atoms with E-state index in [4.69, 9.17) is 16.3 Å². The van der Waals surface area contributed by atoms with Gasteiger partial charge >= 0.3 is 5.97 Å². The molecule has 0 atom stereocenters. The minimum absolute atomic E-state index is 0.0679. The Bertz CT molecular complexity index is 585. The Balaban J connectivity index is 2.08. The first-order valence-corrected chi connectivity index (χ1v) is 6.16. The van der Waals surface area contributed by atoms with Gasteiger partial charge in [0.1, 0.15) is 28.0 Å². The van der Waals surface area contributed by atoms with Crippen molar-refractivity contribution in [3.63, 3.8) is 0 Å². The molecule has 0 amide bonds. The van der Waals surface area contributed by atoms with Gasteiger partial charge in [0.15, 0.2) is 0 Å². The van der Waals surface area contributed by atoms with Crippen LogP contribution in [0.3, 0.4) is 0 Å². The number of ether oxygens (including phenoxy) is 1. The second-order valence-corrected chi connectivity index (χ2v) is 4.95. The van der Waals surface area contributed by atoms with E-state index in [1.54, 1.807) is 12.1 Å². The van der Waals surface area contributed by atoms with Crippen LogP contribution in [0.4, 0.5) is 0 Å². The van der Waals surface area contributed by atoms with Gasteiger partial charge < -0.3 is 9.84 Å². The SMILES string of the molecule is Cc1ccc(O)c(C(=O)OCc2nnsc2Cl)c1. The van der Waals surface area contributed by atoms with Crippen molar-refractivity contribution in [1.29, 1.82) is 0 Å². The standard InChI is InChI=1S/C11H9ClN2O3S/c1-6-2-3-9(15)7(4-6)11(16)17-5-8-10(12)18-14-13-8/h2-4,15H,5H2,1H3. The number of aromatic nitrogens is 2. The van der Waals surface area contributed by atoms with Crippen LogP contribution in [0.25, 0.3) is 0 Å². The normalized spacial score (nSPS) is 10.3. The van der Waals surface area contributed by atoms with Gasteiger partial charge in [-0.25, -0.2) is 4.79 Å². The van der Waals surface area contributed by atoms with Gasteiger partial charge in [-0.3, -0.25) is 0 Å². The number of hydrogen-bond donors (Lipinski definition) is 1. The number of carbonyl (C=O) groups is 1. The Morgan fingerprint density at radius 2 is 2.33 bits per heavy atom. The maximum Gasteiger partial charge on any atom is 0.342 e. The number of carbonyl (C=O) groups excluding carboxylic acids is 1. The van der Waals surface area contributed by atoms with Crippen LogP contribution in [0.2, 0.25) is 4.34 Å². The molecule has 0 saturated heterocycles. The number of rotatable bonds is 3. The molecule has 1 aromatic carbocycles. The molecule has 0 aliphatic carbocycles. The van der Waals surface area contributed by atoms with E-state index in [1.165, 1.54) is 6.07 Å². The van der Waals surface area contributed by atoms with E-state index in [2.05, 4.69) is 9.59 Å². The second kappa shape index (κ2) is 5.32. The van der Waals surface area contributed by atoms with Crippen molar-refractivity contribution in [2.45, 2.75) is 13.5 Å². The van der Waals surface area contributed by atoms with Crippen LogP contribution in [0.5, 0.6) is 5.75 Å². The molecule has 0 spiro atoms. The third-order valence-corrected chi connectivity index (χ3v) is 3.21. The maximum absolute atomic E-state index is 11.8. The monoisotopic (exact) mass is 284 g/mol. The molecule has 0 aliphatic heterocycles. The average molecular weight is 285 g/mol. The zero-order valence-corrected chi connectivity index (χ0v) is 11.0. The van der Waals surface area contributed by atoms with Crippen molar-refractivity contribution in [3.8, 4) is 5.75 Å². The first-order chi connectivity index (χ1) is 8.58. The summed E-state index contributed by atoms with van der Waals surface area (Å²) < 4.78 is 9.02. The van der Waals surface area contributed by atoms with Crippen LogP contribution in [-0.2, 0) is 11.3 Å². The Labute approximate surface area is 112 Å². The molecule has 1 aromatic heterocycles. The molecule has 18 heavy (non-hydrogen) atoms. The van der Waals surface area contributed by atoms with E-state index >= 15 is 0 Å². The van der Waals surface area contributed by atoms with Crippen LogP contribution in [0.15, 0.2) is 18.2 Å². The van der Waals surface area contributed by atoms with E-state index in [-0.39, 0.29) is 17.9 Å². The van der Waals surface area contributed by atoms with Crippen molar-refractivity contribution in [2.75, 3.05) is 0 Å². The van der Waals surface area contributed by atoms with Crippen molar-refractivity contribution in [3.05, 3.63) is 39.4 Å². The summed E-state index contributed by atoms with van der Waals surface area (Å²) in [5, 5.41) is 13.3. The van der Waals surface area contributed by atoms with Crippen molar-refractivity contribution in [1.82, 2.24) is 9.59 Å². The summed E-state index contributed by atoms with van der Waals surface area (Å²) in [6.45, 7) is 1.75. The fourth-order valence-electron chi connectivity index (χ4n) is 1.31. The summed E-state index contributed by atoms with van der Waals surface area (Å²) >= 11 is 6.80. The predicted octanol–water partition coefficient (Wildman–Crippen LogP) is 2.56. The average Bonchev–Trinajstić information content (AvgIpc) is 2.75. The highest BCUT2D eigenvalue weighted by Crippen LogP contribution is 2.21. The molecule has 0 bridgehead atoms. The minimum atomic E-state index is -0.625. The van der Waals surface area contributed by atoms with Crippen LogP contribution in [0.1, 0.15) is 21.6 Å². The summed E-state index contributed by atoms with van der Waals surface area (Å²) in [5.74, 6) is -0.742. The Morgan fingerprint density at radius 1 is 1.56 bits per heavy atom. The maximum atomic E-state index is 11.8. The number of esters is 1. The smallest absolute Gasteiger partial charge is 0.342 e. The molecule has 0 radical (unpaired) electrons. The van der Waals surface area contributed by atoms with Crippen LogP contribution < -0.4 is 0 Å². The highest BCUT2D eigenvalue weighted by atomic mass is 35.5. The zero-order chi connectivity index (χ0) is 13.1. The van der Waals surface area contributed by atoms with E-state index < -0.39 is 5.97 Å². The summed E-state index contributed by atoms with van der Waals surface area (Å²) in [7, 11) is 0. The molecule has 0 unspecified atom stereocenters. The van der Waals surface area contributed by atoms with Crippen molar-refractivity contribution >= 4 is 29.1 Å². The van der Waals surface area contributed by atoms with E-state index in [0.29, 0.717) is 10.0 Å². The minimum Gasteiger partial charge on any atom is -0.507 e. The molecule has 5 nitrogen and oxygen atoms in total. The number of benzene rings is 1. The molecule has 1 heterocycles. The highest BCUT2D eigenvalue weighted by molar-refractivity contribution is 7.10. The van der Waals surface area contributed by atoms with Crippen molar-refractivity contribution < 1.29 is 14.6 Å². The number of aryl methyl sites for hydroxylation is 1. The zero-order valence-electron chi connectivity index (χ0n) is 9.38. The van der Waals surface area contributed by atoms with E-state index in [1.807, 2.05) is 6.92 Å². The Kier molecular flexibility index (Phi) is 3.78. The first kappa shape index (κ1) is 12.8. The molecule has 0 fully saturated rings. The van der Waals surface area contributed by atoms with Gasteiger partial charge in [-0.1, -0.05) is 27.7 Å². The number of halogens is 1. The van der Waals surface area contributed by atoms with E-state index in [9.17, 15) is 9.90 Å². The summed E-state index contributed by atoms with van der Waals surface area (Å²) in [6, 6.07) is 4.70. The molecule has 7 heteroatoms. The molecular formula is C11H9ClN2O3S. The second-order valence-electron chi connectivity index (χ2n) is 3.59. The van der Waals surface area contributed by atoms with Crippen LogP contribution >= 0.6 is 23.1 Å². The number of hydrogen-bond acceptors (Lipinski definition) is 6. The topological polar surface area (TPSA) is 72.3 Å². The first-order valence-electron chi connectivity index (χ1n) is 5.01. The lowest BCUT2D eigenvalue weighted by Crippen LogP contribution is -2.06. The van der Waals surface area contributed by atoms with Crippen LogP contribution in [0, 0.1) is 6.92 Å². The predicted molar refractivity (Wildman–Crippen MR) is 66.9 cm³/mol. The van der Waals surface area contributed by atoms with Gasteiger partial charge in [-0.05, 0) is 19.1 Å². The third-order valence-electron chi connectivity index (χ3n) is 2.22. The molecule has 0 aliphatic rings. The molecule has 1 N–H and O–H groups in total. The Morgan fingerprint density at radius 3 is 3.00 bits per heavy atom. The molecule has 0 saturated carbocycles. The van der Waals surface area contributed by atoms with Gasteiger partial charge in [-0.15, -0.1) is 5.10 Å². The van der Waals surface area contributed by atoms with Gasteiger partial charge in [0.25, 0.3) is 0 Å². The van der Waals surface area contributed by atoms with Crippen molar-refractivity contribution in [2.24, 2.45) is 0 Å². The number of aromatic hydroxyl groups is 1. The third kappa shape index (κ3) is 2.77. The molecule has 2 aromatic rings. The molecule has 2 rings (SSSR count). The van der Waals surface area contributed by atoms with E-state index in [0.717, 1.165) is 17.1 Å². The van der Waals surface area contributed by atoms with Gasteiger partial charge in [-0.2, -0.15) is 0 Å². The van der Waals surface area contributed by atoms with Gasteiger partial charge in [0, 0.05) is 11.5 Å². The van der Waals surface area contributed by atoms with Crippen LogP contribution in [-0.4, -0.2) is 20.7 Å². The summed E-state index contributed by atoms with van der Waals surface area (Å²) in [6.07, 6.45) is 0. The quantitative estimate of drug-likeness (QED) is 0.877. The Hall–Kier alpha value is -1.66. The largest absolute Gasteiger partial charge is 0.507 e. The number of phenolic OH excluding ortho intramolecular Hbond substituents is 1. The summed E-state index contributed by atoms with van der Waals surface area (Å²) in [5.41, 5.74) is 1.38. The lowest BCUT2D eigenvalue weighted by atomic mass is 10.1. The molecular weight excluding hydrogens is 276 g/mol. The fraction of sp³-hybridized carbons (Fsp3) is 0.182. The summed E-state index contributed by atoms with van der Waals surface area (Å²) in [4.78, 5) is 11.8. The number of nitrogens with zero attached hydrogens (tertiary/aromatic N) is 2. The number of phenols is 1. The molecule has 94 valence electrons.